The van der Waals surface area contributed by atoms with Gasteiger partial charge in [-0.25, -0.2) is 0 Å². The summed E-state index contributed by atoms with van der Waals surface area (Å²) in [5.41, 5.74) is 4.18. The molecule has 0 radical (unpaired) electrons. The van der Waals surface area contributed by atoms with Gasteiger partial charge in [-0.2, -0.15) is 0 Å². The lowest BCUT2D eigenvalue weighted by atomic mass is 9.75. The first-order valence-corrected chi connectivity index (χ1v) is 7.56. The van der Waals surface area contributed by atoms with Crippen molar-refractivity contribution < 1.29 is 9.84 Å². The standard InChI is InChI=1S/C19H22O2/c1-19(16-6-9-18(21-2)10-7-16)11-3-4-14-12-17(20)8-5-15(14)13-19/h5-10,12,20H,3-4,11,13H2,1-2H3. The van der Waals surface area contributed by atoms with Crippen molar-refractivity contribution >= 4 is 0 Å². The van der Waals surface area contributed by atoms with Crippen LogP contribution in [0, 0.1) is 0 Å². The van der Waals surface area contributed by atoms with E-state index in [1.807, 2.05) is 18.2 Å². The van der Waals surface area contributed by atoms with Gasteiger partial charge in [-0.15, -0.1) is 0 Å². The molecule has 0 aromatic heterocycles. The molecule has 2 nitrogen and oxygen atoms in total. The highest BCUT2D eigenvalue weighted by molar-refractivity contribution is 5.40. The lowest BCUT2D eigenvalue weighted by molar-refractivity contribution is 0.410. The zero-order chi connectivity index (χ0) is 14.9. The van der Waals surface area contributed by atoms with Crippen LogP contribution in [0.1, 0.15) is 36.5 Å². The number of rotatable bonds is 2. The molecule has 1 aliphatic carbocycles. The monoisotopic (exact) mass is 282 g/mol. The number of ether oxygens (including phenoxy) is 1. The summed E-state index contributed by atoms with van der Waals surface area (Å²) >= 11 is 0. The zero-order valence-corrected chi connectivity index (χ0v) is 12.7. The number of phenols is 1. The number of hydrogen-bond acceptors (Lipinski definition) is 2. The number of fused-ring (bicyclic) bond motifs is 1. The summed E-state index contributed by atoms with van der Waals surface area (Å²) < 4.78 is 5.26. The Morgan fingerprint density at radius 1 is 1.05 bits per heavy atom. The maximum absolute atomic E-state index is 9.67. The van der Waals surface area contributed by atoms with Gasteiger partial charge in [0.2, 0.25) is 0 Å². The molecule has 0 aliphatic heterocycles. The van der Waals surface area contributed by atoms with Crippen molar-refractivity contribution in [3.63, 3.8) is 0 Å². The Labute approximate surface area is 126 Å². The Morgan fingerprint density at radius 2 is 1.81 bits per heavy atom. The number of aryl methyl sites for hydroxylation is 1. The summed E-state index contributed by atoms with van der Waals surface area (Å²) in [4.78, 5) is 0. The summed E-state index contributed by atoms with van der Waals surface area (Å²) in [6, 6.07) is 14.3. The van der Waals surface area contributed by atoms with Crippen molar-refractivity contribution in [3.8, 4) is 11.5 Å². The fourth-order valence-corrected chi connectivity index (χ4v) is 3.44. The van der Waals surface area contributed by atoms with Gasteiger partial charge >= 0.3 is 0 Å². The molecule has 110 valence electrons. The molecule has 0 bridgehead atoms. The maximum Gasteiger partial charge on any atom is 0.118 e. The van der Waals surface area contributed by atoms with Gasteiger partial charge < -0.3 is 9.84 Å². The first kappa shape index (κ1) is 14.0. The van der Waals surface area contributed by atoms with E-state index in [0.717, 1.165) is 31.4 Å². The van der Waals surface area contributed by atoms with E-state index >= 15 is 0 Å². The van der Waals surface area contributed by atoms with Crippen molar-refractivity contribution in [2.45, 2.75) is 38.0 Å². The number of benzene rings is 2. The zero-order valence-electron chi connectivity index (χ0n) is 12.7. The second kappa shape index (κ2) is 5.44. The van der Waals surface area contributed by atoms with E-state index in [1.54, 1.807) is 13.2 Å². The van der Waals surface area contributed by atoms with Crippen molar-refractivity contribution in [3.05, 3.63) is 59.2 Å². The molecular weight excluding hydrogens is 260 g/mol. The molecule has 1 unspecified atom stereocenters. The van der Waals surface area contributed by atoms with E-state index in [2.05, 4.69) is 25.1 Å². The molecule has 1 aliphatic rings. The minimum Gasteiger partial charge on any atom is -0.508 e. The van der Waals surface area contributed by atoms with Crippen LogP contribution in [0.2, 0.25) is 0 Å². The van der Waals surface area contributed by atoms with E-state index in [9.17, 15) is 5.11 Å². The lowest BCUT2D eigenvalue weighted by Gasteiger charge is -2.29. The summed E-state index contributed by atoms with van der Waals surface area (Å²) in [5.74, 6) is 1.28. The number of aromatic hydroxyl groups is 1. The van der Waals surface area contributed by atoms with Gasteiger partial charge in [0, 0.05) is 0 Å². The first-order valence-electron chi connectivity index (χ1n) is 7.56. The summed E-state index contributed by atoms with van der Waals surface area (Å²) in [7, 11) is 1.70. The fourth-order valence-electron chi connectivity index (χ4n) is 3.44. The van der Waals surface area contributed by atoms with Gasteiger partial charge in [0.15, 0.2) is 0 Å². The molecule has 1 N–H and O–H groups in total. The van der Waals surface area contributed by atoms with E-state index in [-0.39, 0.29) is 5.41 Å². The number of phenolic OH excluding ortho intramolecular Hbond substituents is 1. The topological polar surface area (TPSA) is 29.5 Å². The van der Waals surface area contributed by atoms with Crippen molar-refractivity contribution in [1.29, 1.82) is 0 Å². The molecule has 0 fully saturated rings. The van der Waals surface area contributed by atoms with Crippen LogP contribution >= 0.6 is 0 Å². The van der Waals surface area contributed by atoms with E-state index < -0.39 is 0 Å². The second-order valence-corrected chi connectivity index (χ2v) is 6.27. The van der Waals surface area contributed by atoms with Crippen LogP contribution in [0.15, 0.2) is 42.5 Å². The molecule has 0 amide bonds. The maximum atomic E-state index is 9.67. The van der Waals surface area contributed by atoms with Crippen molar-refractivity contribution in [1.82, 2.24) is 0 Å². The van der Waals surface area contributed by atoms with Gasteiger partial charge in [0.25, 0.3) is 0 Å². The molecule has 0 spiro atoms. The van der Waals surface area contributed by atoms with E-state index in [1.165, 1.54) is 16.7 Å². The number of methoxy groups -OCH3 is 1. The lowest BCUT2D eigenvalue weighted by Crippen LogP contribution is -2.24. The summed E-state index contributed by atoms with van der Waals surface area (Å²) in [5, 5.41) is 9.67. The Hall–Kier alpha value is -1.96. The number of hydrogen-bond donors (Lipinski definition) is 1. The van der Waals surface area contributed by atoms with Crippen molar-refractivity contribution in [2.24, 2.45) is 0 Å². The highest BCUT2D eigenvalue weighted by Crippen LogP contribution is 2.38. The Kier molecular flexibility index (Phi) is 3.62. The predicted molar refractivity (Wildman–Crippen MR) is 85.1 cm³/mol. The Morgan fingerprint density at radius 3 is 2.52 bits per heavy atom. The Bertz CT molecular complexity index is 631. The molecule has 21 heavy (non-hydrogen) atoms. The Balaban J connectivity index is 1.95. The van der Waals surface area contributed by atoms with Crippen LogP contribution in [0.25, 0.3) is 0 Å². The highest BCUT2D eigenvalue weighted by atomic mass is 16.5. The van der Waals surface area contributed by atoms with Gasteiger partial charge in [0.05, 0.1) is 7.11 Å². The molecule has 3 rings (SSSR count). The second-order valence-electron chi connectivity index (χ2n) is 6.27. The predicted octanol–water partition coefficient (Wildman–Crippen LogP) is 4.24. The SMILES string of the molecule is COc1ccc(C2(C)CCCc3cc(O)ccc3C2)cc1. The molecule has 0 saturated carbocycles. The third-order valence-corrected chi connectivity index (χ3v) is 4.73. The van der Waals surface area contributed by atoms with Crippen LogP contribution in [-0.4, -0.2) is 12.2 Å². The van der Waals surface area contributed by atoms with Crippen LogP contribution in [-0.2, 0) is 18.3 Å². The van der Waals surface area contributed by atoms with Gasteiger partial charge in [-0.05, 0) is 72.1 Å². The molecule has 0 heterocycles. The minimum atomic E-state index is 0.147. The van der Waals surface area contributed by atoms with Crippen LogP contribution in [0.5, 0.6) is 11.5 Å². The summed E-state index contributed by atoms with van der Waals surface area (Å²) in [6.07, 6.45) is 4.39. The van der Waals surface area contributed by atoms with Crippen LogP contribution in [0.4, 0.5) is 0 Å². The summed E-state index contributed by atoms with van der Waals surface area (Å²) in [6.45, 7) is 2.34. The van der Waals surface area contributed by atoms with E-state index in [0.29, 0.717) is 5.75 Å². The van der Waals surface area contributed by atoms with E-state index in [4.69, 9.17) is 4.74 Å². The minimum absolute atomic E-state index is 0.147. The normalized spacial score (nSPS) is 21.4. The van der Waals surface area contributed by atoms with Crippen molar-refractivity contribution in [2.75, 3.05) is 7.11 Å². The third-order valence-electron chi connectivity index (χ3n) is 4.73. The molecule has 2 aromatic rings. The molecule has 2 heteroatoms. The fraction of sp³-hybridized carbons (Fsp3) is 0.368. The van der Waals surface area contributed by atoms with Gasteiger partial charge in [-0.3, -0.25) is 0 Å². The van der Waals surface area contributed by atoms with Gasteiger partial charge in [-0.1, -0.05) is 25.1 Å². The highest BCUT2D eigenvalue weighted by Gasteiger charge is 2.30. The third kappa shape index (κ3) is 2.76. The van der Waals surface area contributed by atoms with Gasteiger partial charge in [0.1, 0.15) is 11.5 Å². The molecular formula is C19H22O2. The smallest absolute Gasteiger partial charge is 0.118 e. The average Bonchev–Trinajstić information content (AvgIpc) is 2.66. The average molecular weight is 282 g/mol. The molecule has 2 aromatic carbocycles. The van der Waals surface area contributed by atoms with Crippen LogP contribution < -0.4 is 4.74 Å². The largest absolute Gasteiger partial charge is 0.508 e. The molecule has 0 saturated heterocycles. The quantitative estimate of drug-likeness (QED) is 0.835. The van der Waals surface area contributed by atoms with Crippen LogP contribution in [0.3, 0.4) is 0 Å². The molecule has 1 atom stereocenters. The first-order chi connectivity index (χ1) is 10.1.